The Morgan fingerprint density at radius 3 is 2.79 bits per heavy atom. The first-order chi connectivity index (χ1) is 11.6. The summed E-state index contributed by atoms with van der Waals surface area (Å²) in [6.45, 7) is 2.05. The van der Waals surface area contributed by atoms with E-state index in [0.29, 0.717) is 12.0 Å². The van der Waals surface area contributed by atoms with Gasteiger partial charge in [-0.25, -0.2) is 0 Å². The van der Waals surface area contributed by atoms with Gasteiger partial charge in [-0.1, -0.05) is 34.1 Å². The Balaban J connectivity index is 2.00. The molecule has 0 bridgehead atoms. The van der Waals surface area contributed by atoms with E-state index < -0.39 is 0 Å². The van der Waals surface area contributed by atoms with Gasteiger partial charge in [0.1, 0.15) is 5.75 Å². The van der Waals surface area contributed by atoms with E-state index in [9.17, 15) is 9.90 Å². The second kappa shape index (κ2) is 6.95. The number of carbonyl (C=O) groups is 1. The molecule has 0 saturated carbocycles. The monoisotopic (exact) mass is 389 g/mol. The van der Waals surface area contributed by atoms with Crippen molar-refractivity contribution >= 4 is 21.8 Å². The van der Waals surface area contributed by atoms with Crippen LogP contribution in [0.5, 0.6) is 5.75 Å². The highest BCUT2D eigenvalue weighted by molar-refractivity contribution is 9.10. The van der Waals surface area contributed by atoms with Crippen molar-refractivity contribution in [2.75, 3.05) is 13.7 Å². The molecule has 2 atom stereocenters. The number of nitrogens with zero attached hydrogens (tertiary/aromatic N) is 1. The molecule has 2 aromatic rings. The van der Waals surface area contributed by atoms with Gasteiger partial charge in [0.2, 0.25) is 0 Å². The highest BCUT2D eigenvalue weighted by Crippen LogP contribution is 2.42. The van der Waals surface area contributed by atoms with Crippen molar-refractivity contribution in [1.82, 2.24) is 4.90 Å². The van der Waals surface area contributed by atoms with E-state index in [-0.39, 0.29) is 24.6 Å². The largest absolute Gasteiger partial charge is 0.497 e. The van der Waals surface area contributed by atoms with E-state index in [1.807, 2.05) is 54.3 Å². The molecule has 0 spiro atoms. The Hall–Kier alpha value is -1.85. The Kier molecular flexibility index (Phi) is 4.92. The zero-order valence-corrected chi connectivity index (χ0v) is 15.3. The van der Waals surface area contributed by atoms with E-state index in [2.05, 4.69) is 15.9 Å². The lowest BCUT2D eigenvalue weighted by molar-refractivity contribution is 0.0611. The van der Waals surface area contributed by atoms with Crippen LogP contribution in [0, 0.1) is 0 Å². The molecule has 3 rings (SSSR count). The van der Waals surface area contributed by atoms with Crippen molar-refractivity contribution < 1.29 is 14.6 Å². The van der Waals surface area contributed by atoms with Gasteiger partial charge >= 0.3 is 0 Å². The van der Waals surface area contributed by atoms with Crippen molar-refractivity contribution in [2.24, 2.45) is 0 Å². The number of halogens is 1. The highest BCUT2D eigenvalue weighted by Gasteiger charge is 2.39. The molecule has 0 radical (unpaired) electrons. The van der Waals surface area contributed by atoms with Gasteiger partial charge in [-0.3, -0.25) is 4.79 Å². The zero-order chi connectivity index (χ0) is 17.3. The van der Waals surface area contributed by atoms with Crippen molar-refractivity contribution in [3.63, 3.8) is 0 Å². The molecule has 1 unspecified atom stereocenters. The molecule has 0 aliphatic carbocycles. The summed E-state index contributed by atoms with van der Waals surface area (Å²) in [5, 5.41) is 9.48. The summed E-state index contributed by atoms with van der Waals surface area (Å²) in [4.78, 5) is 14.9. The summed E-state index contributed by atoms with van der Waals surface area (Å²) in [6.07, 6.45) is 0.523. The van der Waals surface area contributed by atoms with E-state index in [0.717, 1.165) is 21.3 Å². The minimum atomic E-state index is -0.119. The summed E-state index contributed by atoms with van der Waals surface area (Å²) >= 11 is 3.44. The molecular formula is C19H20BrNO3. The van der Waals surface area contributed by atoms with Crippen LogP contribution in [0.25, 0.3) is 0 Å². The van der Waals surface area contributed by atoms with Crippen molar-refractivity contribution in [3.05, 3.63) is 63.6 Å². The van der Waals surface area contributed by atoms with Gasteiger partial charge in [0.15, 0.2) is 0 Å². The van der Waals surface area contributed by atoms with Gasteiger partial charge in [-0.2, -0.15) is 0 Å². The Bertz CT molecular complexity index is 762. The Morgan fingerprint density at radius 1 is 1.29 bits per heavy atom. The third kappa shape index (κ3) is 2.94. The van der Waals surface area contributed by atoms with Crippen molar-refractivity contribution in [3.8, 4) is 5.75 Å². The van der Waals surface area contributed by atoms with Crippen LogP contribution in [0.1, 0.15) is 46.9 Å². The van der Waals surface area contributed by atoms with Crippen LogP contribution in [0.4, 0.5) is 0 Å². The summed E-state index contributed by atoms with van der Waals surface area (Å²) in [5.74, 6) is 0.769. The number of hydrogen-bond donors (Lipinski definition) is 1. The molecule has 1 amide bonds. The average molecular weight is 390 g/mol. The van der Waals surface area contributed by atoms with Gasteiger partial charge in [-0.05, 0) is 48.7 Å². The maximum atomic E-state index is 13.0. The molecular weight excluding hydrogens is 370 g/mol. The fraction of sp³-hybridized carbons (Fsp3) is 0.316. The first-order valence-electron chi connectivity index (χ1n) is 7.93. The number of rotatable bonds is 5. The maximum absolute atomic E-state index is 13.0. The van der Waals surface area contributed by atoms with Crippen LogP contribution in [-0.4, -0.2) is 29.6 Å². The molecule has 126 valence electrons. The zero-order valence-electron chi connectivity index (χ0n) is 13.7. The molecule has 1 aliphatic heterocycles. The molecule has 1 N–H and O–H groups in total. The molecule has 0 saturated heterocycles. The van der Waals surface area contributed by atoms with Crippen LogP contribution in [0.15, 0.2) is 46.9 Å². The lowest BCUT2D eigenvalue weighted by Gasteiger charge is -2.31. The molecule has 1 heterocycles. The summed E-state index contributed by atoms with van der Waals surface area (Å²) in [7, 11) is 1.63. The van der Waals surface area contributed by atoms with Crippen LogP contribution in [-0.2, 0) is 0 Å². The first-order valence-corrected chi connectivity index (χ1v) is 8.73. The number of aliphatic hydroxyl groups excluding tert-OH is 1. The lowest BCUT2D eigenvalue weighted by Crippen LogP contribution is -2.31. The minimum absolute atomic E-state index is 0.0000647. The average Bonchev–Trinajstić information content (AvgIpc) is 2.86. The molecule has 1 aliphatic rings. The molecule has 5 heteroatoms. The number of benzene rings is 2. The van der Waals surface area contributed by atoms with E-state index in [4.69, 9.17) is 4.74 Å². The summed E-state index contributed by atoms with van der Waals surface area (Å²) in [5.41, 5.74) is 2.70. The topological polar surface area (TPSA) is 49.8 Å². The van der Waals surface area contributed by atoms with Gasteiger partial charge in [0.25, 0.3) is 5.91 Å². The molecule has 2 aromatic carbocycles. The number of methoxy groups -OCH3 is 1. The van der Waals surface area contributed by atoms with Crippen molar-refractivity contribution in [1.29, 1.82) is 0 Å². The van der Waals surface area contributed by atoms with Gasteiger partial charge in [0.05, 0.1) is 19.2 Å². The summed E-state index contributed by atoms with van der Waals surface area (Å²) in [6, 6.07) is 13.3. The Labute approximate surface area is 150 Å². The van der Waals surface area contributed by atoms with Gasteiger partial charge < -0.3 is 14.7 Å². The Morgan fingerprint density at radius 2 is 2.08 bits per heavy atom. The standard InChI is InChI=1S/C19H20BrNO3/c1-12(13-4-3-5-15(10-13)24-2)21-18(8-9-22)16-7-6-14(20)11-17(16)19(21)23/h3-7,10-12,18,22H,8-9H2,1-2H3/t12-,18?/m1/s1. The predicted molar refractivity (Wildman–Crippen MR) is 96.2 cm³/mol. The fourth-order valence-corrected chi connectivity index (χ4v) is 3.72. The first kappa shape index (κ1) is 17.0. The van der Waals surface area contributed by atoms with Crippen LogP contribution < -0.4 is 4.74 Å². The van der Waals surface area contributed by atoms with Gasteiger partial charge in [-0.15, -0.1) is 0 Å². The number of carbonyl (C=O) groups excluding carboxylic acids is 1. The quantitative estimate of drug-likeness (QED) is 0.837. The molecule has 0 aromatic heterocycles. The normalized spacial score (nSPS) is 17.8. The second-order valence-electron chi connectivity index (χ2n) is 5.92. The second-order valence-corrected chi connectivity index (χ2v) is 6.84. The van der Waals surface area contributed by atoms with E-state index >= 15 is 0 Å². The third-order valence-corrected chi connectivity index (χ3v) is 5.06. The molecule has 4 nitrogen and oxygen atoms in total. The fourth-order valence-electron chi connectivity index (χ4n) is 3.36. The smallest absolute Gasteiger partial charge is 0.255 e. The number of hydrogen-bond acceptors (Lipinski definition) is 3. The predicted octanol–water partition coefficient (Wildman–Crippen LogP) is 4.10. The summed E-state index contributed by atoms with van der Waals surface area (Å²) < 4.78 is 6.18. The van der Waals surface area contributed by atoms with Crippen LogP contribution in [0.2, 0.25) is 0 Å². The highest BCUT2D eigenvalue weighted by atomic mass is 79.9. The SMILES string of the molecule is COc1cccc([C@@H](C)N2C(=O)c3cc(Br)ccc3C2CCO)c1. The number of amides is 1. The lowest BCUT2D eigenvalue weighted by atomic mass is 10.0. The van der Waals surface area contributed by atoms with Crippen LogP contribution in [0.3, 0.4) is 0 Å². The molecule has 24 heavy (non-hydrogen) atoms. The van der Waals surface area contributed by atoms with E-state index in [1.165, 1.54) is 0 Å². The molecule has 0 fully saturated rings. The number of fused-ring (bicyclic) bond motifs is 1. The minimum Gasteiger partial charge on any atom is -0.497 e. The third-order valence-electron chi connectivity index (χ3n) is 4.57. The maximum Gasteiger partial charge on any atom is 0.255 e. The van der Waals surface area contributed by atoms with Crippen molar-refractivity contribution in [2.45, 2.75) is 25.4 Å². The number of ether oxygens (including phenoxy) is 1. The van der Waals surface area contributed by atoms with E-state index in [1.54, 1.807) is 7.11 Å². The van der Waals surface area contributed by atoms with Gasteiger partial charge in [0, 0.05) is 16.6 Å². The van der Waals surface area contributed by atoms with Crippen LogP contribution >= 0.6 is 15.9 Å². The number of aliphatic hydroxyl groups is 1.